The number of benzene rings is 2. The third kappa shape index (κ3) is 4.23. The molecule has 1 N–H and O–H groups in total. The van der Waals surface area contributed by atoms with Crippen molar-refractivity contribution in [1.29, 1.82) is 0 Å². The molecule has 0 saturated heterocycles. The van der Waals surface area contributed by atoms with Crippen molar-refractivity contribution in [3.05, 3.63) is 75.8 Å². The Morgan fingerprint density at radius 1 is 1.13 bits per heavy atom. The van der Waals surface area contributed by atoms with Crippen LogP contribution in [0.5, 0.6) is 0 Å². The molecule has 6 nitrogen and oxygen atoms in total. The molecule has 0 saturated carbocycles. The van der Waals surface area contributed by atoms with Gasteiger partial charge in [0.25, 0.3) is 11.6 Å². The maximum absolute atomic E-state index is 12.2. The Balaban J connectivity index is 2.23. The van der Waals surface area contributed by atoms with Gasteiger partial charge in [-0.3, -0.25) is 14.9 Å². The van der Waals surface area contributed by atoms with E-state index in [4.69, 9.17) is 0 Å². The topological polar surface area (TPSA) is 84.6 Å². The van der Waals surface area contributed by atoms with Crippen LogP contribution in [0.2, 0.25) is 0 Å². The lowest BCUT2D eigenvalue weighted by atomic mass is 10.1. The molecule has 2 rings (SSSR count). The summed E-state index contributed by atoms with van der Waals surface area (Å²) in [6.07, 6.45) is 1.57. The van der Waals surface area contributed by atoms with Gasteiger partial charge in [-0.1, -0.05) is 55.8 Å². The molecular weight excluding hydrogens is 294 g/mol. The third-order valence-electron chi connectivity index (χ3n) is 3.23. The quantitative estimate of drug-likeness (QED) is 0.503. The molecule has 0 fully saturated rings. The van der Waals surface area contributed by atoms with Crippen molar-refractivity contribution >= 4 is 17.3 Å². The zero-order chi connectivity index (χ0) is 16.7. The zero-order valence-electron chi connectivity index (χ0n) is 12.7. The molecule has 0 aliphatic heterocycles. The first kappa shape index (κ1) is 16.4. The van der Waals surface area contributed by atoms with Crippen LogP contribution in [0.15, 0.2) is 59.7 Å². The maximum Gasteiger partial charge on any atom is 0.282 e. The first-order valence-electron chi connectivity index (χ1n) is 7.29. The van der Waals surface area contributed by atoms with E-state index in [9.17, 15) is 14.9 Å². The average Bonchev–Trinajstić information content (AvgIpc) is 2.59. The number of nitro benzene ring substituents is 1. The minimum Gasteiger partial charge on any atom is -0.267 e. The van der Waals surface area contributed by atoms with E-state index in [0.29, 0.717) is 6.42 Å². The van der Waals surface area contributed by atoms with Gasteiger partial charge in [-0.2, -0.15) is 5.10 Å². The molecule has 0 bridgehead atoms. The first-order valence-corrected chi connectivity index (χ1v) is 7.29. The van der Waals surface area contributed by atoms with Crippen molar-refractivity contribution in [3.8, 4) is 0 Å². The number of rotatable bonds is 6. The molecule has 0 heterocycles. The number of nitrogens with zero attached hydrogens (tertiary/aromatic N) is 2. The molecule has 2 aromatic carbocycles. The van der Waals surface area contributed by atoms with E-state index < -0.39 is 10.8 Å². The van der Waals surface area contributed by atoms with Crippen LogP contribution in [0, 0.1) is 10.1 Å². The Labute approximate surface area is 134 Å². The van der Waals surface area contributed by atoms with Gasteiger partial charge in [-0.15, -0.1) is 0 Å². The molecule has 0 unspecified atom stereocenters. The second kappa shape index (κ2) is 7.84. The Hall–Kier alpha value is -3.02. The Bertz CT molecular complexity index is 727. The summed E-state index contributed by atoms with van der Waals surface area (Å²) >= 11 is 0. The van der Waals surface area contributed by atoms with E-state index in [-0.39, 0.29) is 11.3 Å². The normalized spacial score (nSPS) is 11.1. The fourth-order valence-electron chi connectivity index (χ4n) is 2.14. The molecule has 0 aliphatic rings. The SMILES string of the molecule is CCC/C(=N/NC(=O)c1ccccc1[N+](=O)[O-])c1ccccc1. The lowest BCUT2D eigenvalue weighted by Crippen LogP contribution is -2.21. The molecule has 0 radical (unpaired) electrons. The minimum absolute atomic E-state index is 0.00911. The number of carbonyl (C=O) groups is 1. The van der Waals surface area contributed by atoms with Crippen LogP contribution in [-0.2, 0) is 0 Å². The number of para-hydroxylation sites is 1. The van der Waals surface area contributed by atoms with Crippen molar-refractivity contribution < 1.29 is 9.72 Å². The predicted molar refractivity (Wildman–Crippen MR) is 88.4 cm³/mol. The van der Waals surface area contributed by atoms with Gasteiger partial charge in [0.2, 0.25) is 0 Å². The molecule has 23 heavy (non-hydrogen) atoms. The summed E-state index contributed by atoms with van der Waals surface area (Å²) in [5.41, 5.74) is 3.82. The maximum atomic E-state index is 12.2. The molecule has 1 amide bonds. The van der Waals surface area contributed by atoms with E-state index in [2.05, 4.69) is 10.5 Å². The van der Waals surface area contributed by atoms with Crippen LogP contribution in [0.3, 0.4) is 0 Å². The summed E-state index contributed by atoms with van der Waals surface area (Å²) in [6.45, 7) is 2.02. The van der Waals surface area contributed by atoms with Crippen molar-refractivity contribution in [2.24, 2.45) is 5.10 Å². The minimum atomic E-state index is -0.596. The molecule has 0 aromatic heterocycles. The summed E-state index contributed by atoms with van der Waals surface area (Å²) in [5.74, 6) is -0.596. The monoisotopic (exact) mass is 311 g/mol. The van der Waals surface area contributed by atoms with Crippen LogP contribution >= 0.6 is 0 Å². The first-order chi connectivity index (χ1) is 11.1. The van der Waals surface area contributed by atoms with Crippen LogP contribution in [0.25, 0.3) is 0 Å². The second-order valence-electron chi connectivity index (χ2n) is 4.89. The highest BCUT2D eigenvalue weighted by molar-refractivity contribution is 6.03. The molecule has 2 aromatic rings. The number of nitrogens with one attached hydrogen (secondary N) is 1. The van der Waals surface area contributed by atoms with Gasteiger partial charge in [0, 0.05) is 6.07 Å². The highest BCUT2D eigenvalue weighted by Crippen LogP contribution is 2.17. The van der Waals surface area contributed by atoms with Gasteiger partial charge in [0.05, 0.1) is 10.6 Å². The lowest BCUT2D eigenvalue weighted by molar-refractivity contribution is -0.385. The Kier molecular flexibility index (Phi) is 5.57. The predicted octanol–water partition coefficient (Wildman–Crippen LogP) is 3.53. The molecule has 0 aliphatic carbocycles. The van der Waals surface area contributed by atoms with Gasteiger partial charge < -0.3 is 0 Å². The summed E-state index contributed by atoms with van der Waals surface area (Å²) in [5, 5.41) is 15.1. The van der Waals surface area contributed by atoms with E-state index in [0.717, 1.165) is 17.7 Å². The van der Waals surface area contributed by atoms with E-state index >= 15 is 0 Å². The molecule has 0 spiro atoms. The van der Waals surface area contributed by atoms with Crippen molar-refractivity contribution in [1.82, 2.24) is 5.43 Å². The number of nitro groups is 1. The fraction of sp³-hybridized carbons (Fsp3) is 0.176. The summed E-state index contributed by atoms with van der Waals surface area (Å²) in [6, 6.07) is 15.3. The van der Waals surface area contributed by atoms with Crippen molar-refractivity contribution in [2.75, 3.05) is 0 Å². The molecule has 118 valence electrons. The fourth-order valence-corrected chi connectivity index (χ4v) is 2.14. The van der Waals surface area contributed by atoms with E-state index in [1.807, 2.05) is 37.3 Å². The summed E-state index contributed by atoms with van der Waals surface area (Å²) in [4.78, 5) is 22.6. The summed E-state index contributed by atoms with van der Waals surface area (Å²) in [7, 11) is 0. The zero-order valence-corrected chi connectivity index (χ0v) is 12.7. The Morgan fingerprint density at radius 3 is 2.43 bits per heavy atom. The van der Waals surface area contributed by atoms with Gasteiger partial charge in [-0.05, 0) is 18.1 Å². The number of amides is 1. The largest absolute Gasteiger partial charge is 0.282 e. The summed E-state index contributed by atoms with van der Waals surface area (Å²) < 4.78 is 0. The second-order valence-corrected chi connectivity index (χ2v) is 4.89. The van der Waals surface area contributed by atoms with Gasteiger partial charge >= 0.3 is 0 Å². The van der Waals surface area contributed by atoms with Crippen LogP contribution in [0.1, 0.15) is 35.7 Å². The average molecular weight is 311 g/mol. The molecule has 6 heteroatoms. The Morgan fingerprint density at radius 2 is 1.78 bits per heavy atom. The highest BCUT2D eigenvalue weighted by Gasteiger charge is 2.18. The van der Waals surface area contributed by atoms with E-state index in [1.165, 1.54) is 18.2 Å². The van der Waals surface area contributed by atoms with Crippen molar-refractivity contribution in [2.45, 2.75) is 19.8 Å². The van der Waals surface area contributed by atoms with Crippen LogP contribution in [0.4, 0.5) is 5.69 Å². The smallest absolute Gasteiger partial charge is 0.267 e. The lowest BCUT2D eigenvalue weighted by Gasteiger charge is -2.06. The third-order valence-corrected chi connectivity index (χ3v) is 3.23. The van der Waals surface area contributed by atoms with Gasteiger partial charge in [0.1, 0.15) is 5.56 Å². The standard InChI is InChI=1S/C17H17N3O3/c1-2-8-15(13-9-4-3-5-10-13)18-19-17(21)14-11-6-7-12-16(14)20(22)23/h3-7,9-12H,2,8H2,1H3,(H,19,21)/b18-15-. The number of hydrogen-bond donors (Lipinski definition) is 1. The number of hydrazone groups is 1. The molecule has 0 atom stereocenters. The highest BCUT2D eigenvalue weighted by atomic mass is 16.6. The molecular formula is C17H17N3O3. The van der Waals surface area contributed by atoms with Crippen LogP contribution in [-0.4, -0.2) is 16.5 Å². The van der Waals surface area contributed by atoms with E-state index in [1.54, 1.807) is 6.07 Å². The van der Waals surface area contributed by atoms with Gasteiger partial charge in [0.15, 0.2) is 0 Å². The van der Waals surface area contributed by atoms with Crippen LogP contribution < -0.4 is 5.43 Å². The van der Waals surface area contributed by atoms with Gasteiger partial charge in [-0.25, -0.2) is 5.43 Å². The van der Waals surface area contributed by atoms with Crippen molar-refractivity contribution in [3.63, 3.8) is 0 Å². The number of hydrogen-bond acceptors (Lipinski definition) is 4. The number of carbonyl (C=O) groups excluding carboxylic acids is 1.